The van der Waals surface area contributed by atoms with Crippen molar-refractivity contribution in [2.24, 2.45) is 0 Å². The van der Waals surface area contributed by atoms with Crippen molar-refractivity contribution in [2.75, 3.05) is 12.0 Å². The van der Waals surface area contributed by atoms with E-state index in [4.69, 9.17) is 4.74 Å². The minimum Gasteiger partial charge on any atom is -0.497 e. The van der Waals surface area contributed by atoms with Crippen LogP contribution in [0.1, 0.15) is 32.4 Å². The summed E-state index contributed by atoms with van der Waals surface area (Å²) in [5, 5.41) is 13.9. The minimum absolute atomic E-state index is 0.305. The highest BCUT2D eigenvalue weighted by Crippen LogP contribution is 2.23. The SMILES string of the molecule is COc1ccc(CN(Cc2ccc(C(=O)NC(C(=O)O)c3cccs3)cc2)c2ccc(F)cc2)cc1. The number of benzene rings is 3. The van der Waals surface area contributed by atoms with E-state index in [0.717, 1.165) is 22.6 Å². The summed E-state index contributed by atoms with van der Waals surface area (Å²) in [6.45, 7) is 1.10. The second-order valence-corrected chi connectivity index (χ2v) is 9.12. The standard InChI is InChI=1S/C28H25FN2O4S/c1-35-24-14-6-20(7-15-24)18-31(23-12-10-22(29)11-13-23)17-19-4-8-21(9-5-19)27(32)30-26(28(33)34)25-3-2-16-36-25/h2-16,26H,17-18H2,1H3,(H,30,32)(H,33,34). The van der Waals surface area contributed by atoms with E-state index in [1.165, 1.54) is 23.5 Å². The molecule has 0 saturated carbocycles. The maximum atomic E-state index is 13.5. The fourth-order valence-electron chi connectivity index (χ4n) is 3.75. The quantitative estimate of drug-likeness (QED) is 0.291. The molecule has 1 heterocycles. The average molecular weight is 505 g/mol. The lowest BCUT2D eigenvalue weighted by Gasteiger charge is -2.25. The zero-order chi connectivity index (χ0) is 25.5. The summed E-state index contributed by atoms with van der Waals surface area (Å²) >= 11 is 1.28. The summed E-state index contributed by atoms with van der Waals surface area (Å²) in [6.07, 6.45) is 0. The van der Waals surface area contributed by atoms with Crippen molar-refractivity contribution >= 4 is 28.9 Å². The molecule has 4 rings (SSSR count). The van der Waals surface area contributed by atoms with E-state index < -0.39 is 17.9 Å². The van der Waals surface area contributed by atoms with Crippen LogP contribution in [0.15, 0.2) is 90.3 Å². The first-order valence-corrected chi connectivity index (χ1v) is 12.1. The molecule has 8 heteroatoms. The Balaban J connectivity index is 1.49. The normalized spacial score (nSPS) is 11.5. The van der Waals surface area contributed by atoms with Crippen LogP contribution in [-0.2, 0) is 17.9 Å². The number of hydrogen-bond acceptors (Lipinski definition) is 5. The average Bonchev–Trinajstić information content (AvgIpc) is 3.42. The van der Waals surface area contributed by atoms with Gasteiger partial charge >= 0.3 is 5.97 Å². The zero-order valence-electron chi connectivity index (χ0n) is 19.6. The Morgan fingerprint density at radius 1 is 0.944 bits per heavy atom. The van der Waals surface area contributed by atoms with Gasteiger partial charge in [-0.05, 0) is 71.1 Å². The number of carbonyl (C=O) groups excluding carboxylic acids is 1. The number of hydrogen-bond donors (Lipinski definition) is 2. The number of aliphatic carboxylic acids is 1. The minimum atomic E-state index is -1.11. The number of carboxylic acids is 1. The molecule has 0 saturated heterocycles. The fraction of sp³-hybridized carbons (Fsp3) is 0.143. The van der Waals surface area contributed by atoms with Crippen LogP contribution in [0.25, 0.3) is 0 Å². The number of carboxylic acid groups (broad SMARTS) is 1. The molecule has 0 aliphatic carbocycles. The molecule has 0 aliphatic rings. The molecule has 36 heavy (non-hydrogen) atoms. The molecule has 4 aromatic rings. The predicted molar refractivity (Wildman–Crippen MR) is 138 cm³/mol. The maximum absolute atomic E-state index is 13.5. The van der Waals surface area contributed by atoms with Gasteiger partial charge in [0.25, 0.3) is 5.91 Å². The Kier molecular flexibility index (Phi) is 7.97. The first kappa shape index (κ1) is 24.9. The molecule has 1 atom stereocenters. The highest BCUT2D eigenvalue weighted by atomic mass is 32.1. The van der Waals surface area contributed by atoms with Crippen molar-refractivity contribution in [3.8, 4) is 5.75 Å². The number of rotatable bonds is 10. The number of anilines is 1. The van der Waals surface area contributed by atoms with Gasteiger partial charge in [-0.25, -0.2) is 9.18 Å². The first-order valence-electron chi connectivity index (χ1n) is 11.2. The van der Waals surface area contributed by atoms with Crippen molar-refractivity contribution in [1.29, 1.82) is 0 Å². The smallest absolute Gasteiger partial charge is 0.331 e. The topological polar surface area (TPSA) is 78.9 Å². The van der Waals surface area contributed by atoms with Crippen LogP contribution in [0.3, 0.4) is 0 Å². The van der Waals surface area contributed by atoms with E-state index in [-0.39, 0.29) is 5.82 Å². The Labute approximate surface area is 212 Å². The summed E-state index contributed by atoms with van der Waals surface area (Å²) in [5.74, 6) is -1.11. The number of nitrogens with zero attached hydrogens (tertiary/aromatic N) is 1. The Hall–Kier alpha value is -4.17. The van der Waals surface area contributed by atoms with E-state index in [1.807, 2.05) is 36.4 Å². The number of methoxy groups -OCH3 is 1. The van der Waals surface area contributed by atoms with E-state index in [1.54, 1.807) is 48.9 Å². The zero-order valence-corrected chi connectivity index (χ0v) is 20.4. The van der Waals surface area contributed by atoms with Gasteiger partial charge in [0.1, 0.15) is 11.6 Å². The molecule has 184 valence electrons. The predicted octanol–water partition coefficient (Wildman–Crippen LogP) is 5.66. The molecule has 1 aromatic heterocycles. The van der Waals surface area contributed by atoms with Crippen LogP contribution in [0.2, 0.25) is 0 Å². The molecule has 3 aromatic carbocycles. The molecule has 0 radical (unpaired) electrons. The highest BCUT2D eigenvalue weighted by Gasteiger charge is 2.23. The van der Waals surface area contributed by atoms with Gasteiger partial charge in [0.15, 0.2) is 6.04 Å². The van der Waals surface area contributed by atoms with Gasteiger partial charge in [-0.2, -0.15) is 0 Å². The van der Waals surface area contributed by atoms with Crippen molar-refractivity contribution in [2.45, 2.75) is 19.1 Å². The molecular weight excluding hydrogens is 479 g/mol. The Morgan fingerprint density at radius 3 is 2.08 bits per heavy atom. The number of carbonyl (C=O) groups is 2. The van der Waals surface area contributed by atoms with E-state index in [9.17, 15) is 19.1 Å². The van der Waals surface area contributed by atoms with Crippen molar-refractivity contribution in [3.05, 3.63) is 118 Å². The van der Waals surface area contributed by atoms with E-state index >= 15 is 0 Å². The summed E-state index contributed by atoms with van der Waals surface area (Å²) in [6, 6.07) is 23.4. The molecule has 2 N–H and O–H groups in total. The molecule has 0 fully saturated rings. The lowest BCUT2D eigenvalue weighted by molar-refractivity contribution is -0.139. The van der Waals surface area contributed by atoms with E-state index in [2.05, 4.69) is 10.2 Å². The summed E-state index contributed by atoms with van der Waals surface area (Å²) < 4.78 is 18.8. The third-order valence-electron chi connectivity index (χ3n) is 5.66. The molecule has 0 spiro atoms. The molecule has 1 unspecified atom stereocenters. The second-order valence-electron chi connectivity index (χ2n) is 8.14. The maximum Gasteiger partial charge on any atom is 0.331 e. The lowest BCUT2D eigenvalue weighted by atomic mass is 10.1. The van der Waals surface area contributed by atoms with Crippen LogP contribution in [0, 0.1) is 5.82 Å². The number of halogens is 1. The highest BCUT2D eigenvalue weighted by molar-refractivity contribution is 7.10. The summed E-state index contributed by atoms with van der Waals surface area (Å²) in [5.41, 5.74) is 3.22. The molecule has 0 aliphatic heterocycles. The molecule has 1 amide bonds. The number of nitrogens with one attached hydrogen (secondary N) is 1. The van der Waals surface area contributed by atoms with Gasteiger partial charge in [-0.15, -0.1) is 11.3 Å². The third kappa shape index (κ3) is 6.28. The van der Waals surface area contributed by atoms with Crippen molar-refractivity contribution in [1.82, 2.24) is 5.32 Å². The fourth-order valence-corrected chi connectivity index (χ4v) is 4.52. The second kappa shape index (κ2) is 11.5. The number of amides is 1. The van der Waals surface area contributed by atoms with Crippen LogP contribution in [0.5, 0.6) is 5.75 Å². The summed E-state index contributed by atoms with van der Waals surface area (Å²) in [7, 11) is 1.62. The largest absolute Gasteiger partial charge is 0.497 e. The van der Waals surface area contributed by atoms with Crippen LogP contribution < -0.4 is 15.0 Å². The Bertz CT molecular complexity index is 1290. The van der Waals surface area contributed by atoms with Gasteiger partial charge in [0, 0.05) is 29.2 Å². The van der Waals surface area contributed by atoms with Gasteiger partial charge in [-0.3, -0.25) is 4.79 Å². The lowest BCUT2D eigenvalue weighted by Crippen LogP contribution is -2.33. The first-order chi connectivity index (χ1) is 17.4. The summed E-state index contributed by atoms with van der Waals surface area (Å²) in [4.78, 5) is 27.0. The van der Waals surface area contributed by atoms with Crippen molar-refractivity contribution < 1.29 is 23.8 Å². The molecule has 0 bridgehead atoms. The van der Waals surface area contributed by atoms with Gasteiger partial charge in [0.05, 0.1) is 7.11 Å². The monoisotopic (exact) mass is 504 g/mol. The van der Waals surface area contributed by atoms with Gasteiger partial charge in [0.2, 0.25) is 0 Å². The molecular formula is C28H25FN2O4S. The van der Waals surface area contributed by atoms with E-state index in [0.29, 0.717) is 23.5 Å². The third-order valence-corrected chi connectivity index (χ3v) is 6.60. The van der Waals surface area contributed by atoms with Gasteiger partial charge in [-0.1, -0.05) is 30.3 Å². The number of thiophene rings is 1. The molecule has 6 nitrogen and oxygen atoms in total. The van der Waals surface area contributed by atoms with Crippen molar-refractivity contribution in [3.63, 3.8) is 0 Å². The number of ether oxygens (including phenoxy) is 1. The van der Waals surface area contributed by atoms with Gasteiger partial charge < -0.3 is 20.1 Å². The van der Waals surface area contributed by atoms with Crippen LogP contribution in [0.4, 0.5) is 10.1 Å². The Morgan fingerprint density at radius 2 is 1.56 bits per heavy atom. The van der Waals surface area contributed by atoms with Crippen LogP contribution >= 0.6 is 11.3 Å². The van der Waals surface area contributed by atoms with Crippen LogP contribution in [-0.4, -0.2) is 24.1 Å².